The second-order valence-corrected chi connectivity index (χ2v) is 4.96. The van der Waals surface area contributed by atoms with E-state index in [1.54, 1.807) is 0 Å². The summed E-state index contributed by atoms with van der Waals surface area (Å²) < 4.78 is 76.2. The Morgan fingerprint density at radius 2 is 1.46 bits per heavy atom. The lowest BCUT2D eigenvalue weighted by atomic mass is 10.1. The number of rotatable bonds is 2. The van der Waals surface area contributed by atoms with Crippen LogP contribution in [0, 0.1) is 0 Å². The van der Waals surface area contributed by atoms with Crippen molar-refractivity contribution >= 4 is 23.2 Å². The molecule has 0 spiro atoms. The summed E-state index contributed by atoms with van der Waals surface area (Å²) in [4.78, 5) is 14.5. The standard InChI is InChI=1S/C14H7ClF6N2O/c15-8-3-1-2-4-9(8)22-12(24)7-5-10(13(16,17)18)23-11(6-7)14(19,20)21/h1-6H,(H,22,24). The second kappa shape index (κ2) is 6.31. The lowest BCUT2D eigenvalue weighted by molar-refractivity contribution is -0.150. The van der Waals surface area contributed by atoms with Crippen LogP contribution in [0.15, 0.2) is 36.4 Å². The molecule has 0 aliphatic rings. The van der Waals surface area contributed by atoms with Gasteiger partial charge in [-0.2, -0.15) is 26.3 Å². The Hall–Kier alpha value is -2.29. The molecule has 0 radical (unpaired) electrons. The number of aromatic nitrogens is 1. The quantitative estimate of drug-likeness (QED) is 0.756. The number of nitrogens with zero attached hydrogens (tertiary/aromatic N) is 1. The molecule has 1 N–H and O–H groups in total. The predicted octanol–water partition coefficient (Wildman–Crippen LogP) is 5.02. The van der Waals surface area contributed by atoms with E-state index in [1.807, 2.05) is 0 Å². The normalized spacial score (nSPS) is 12.1. The molecule has 0 saturated carbocycles. The first-order chi connectivity index (χ1) is 11.0. The van der Waals surface area contributed by atoms with E-state index in [9.17, 15) is 31.1 Å². The molecule has 0 aliphatic carbocycles. The number of para-hydroxylation sites is 1. The Morgan fingerprint density at radius 3 is 1.92 bits per heavy atom. The summed E-state index contributed by atoms with van der Waals surface area (Å²) in [6.45, 7) is 0. The van der Waals surface area contributed by atoms with E-state index in [0.717, 1.165) is 0 Å². The Kier molecular flexibility index (Phi) is 4.75. The van der Waals surface area contributed by atoms with E-state index in [1.165, 1.54) is 24.3 Å². The van der Waals surface area contributed by atoms with Gasteiger partial charge in [-0.3, -0.25) is 4.79 Å². The number of halogens is 7. The average molecular weight is 369 g/mol. The van der Waals surface area contributed by atoms with E-state index in [4.69, 9.17) is 11.6 Å². The van der Waals surface area contributed by atoms with Crippen molar-refractivity contribution in [3.05, 3.63) is 58.4 Å². The van der Waals surface area contributed by atoms with Crippen molar-refractivity contribution in [2.45, 2.75) is 12.4 Å². The SMILES string of the molecule is O=C(Nc1ccccc1Cl)c1cc(C(F)(F)F)nc(C(F)(F)F)c1. The van der Waals surface area contributed by atoms with Crippen LogP contribution in [-0.4, -0.2) is 10.9 Å². The van der Waals surface area contributed by atoms with Gasteiger partial charge in [-0.25, -0.2) is 4.98 Å². The molecular weight excluding hydrogens is 362 g/mol. The number of benzene rings is 1. The van der Waals surface area contributed by atoms with Crippen LogP contribution in [0.5, 0.6) is 0 Å². The number of carbonyl (C=O) groups is 1. The summed E-state index contributed by atoms with van der Waals surface area (Å²) in [6, 6.07) is 6.23. The third-order valence-electron chi connectivity index (χ3n) is 2.79. The minimum absolute atomic E-state index is 0.0445. The van der Waals surface area contributed by atoms with Gasteiger partial charge < -0.3 is 5.32 Å². The first-order valence-electron chi connectivity index (χ1n) is 6.21. The third kappa shape index (κ3) is 4.16. The predicted molar refractivity (Wildman–Crippen MR) is 73.6 cm³/mol. The van der Waals surface area contributed by atoms with Gasteiger partial charge in [-0.15, -0.1) is 0 Å². The minimum atomic E-state index is -5.14. The monoisotopic (exact) mass is 368 g/mol. The molecule has 2 rings (SSSR count). The zero-order chi connectivity index (χ0) is 18.1. The molecule has 1 amide bonds. The zero-order valence-corrected chi connectivity index (χ0v) is 12.2. The average Bonchev–Trinajstić information content (AvgIpc) is 2.47. The summed E-state index contributed by atoms with van der Waals surface area (Å²) >= 11 is 5.78. The highest BCUT2D eigenvalue weighted by Crippen LogP contribution is 2.34. The summed E-state index contributed by atoms with van der Waals surface area (Å²) in [5, 5.41) is 2.23. The number of hydrogen-bond acceptors (Lipinski definition) is 2. The van der Waals surface area contributed by atoms with Crippen molar-refractivity contribution in [2.24, 2.45) is 0 Å². The number of alkyl halides is 6. The number of nitrogens with one attached hydrogen (secondary N) is 1. The molecule has 0 atom stereocenters. The summed E-state index contributed by atoms with van der Waals surface area (Å²) in [5.74, 6) is -1.18. The topological polar surface area (TPSA) is 42.0 Å². The van der Waals surface area contributed by atoms with E-state index >= 15 is 0 Å². The van der Waals surface area contributed by atoms with Gasteiger partial charge in [-0.05, 0) is 24.3 Å². The van der Waals surface area contributed by atoms with Crippen molar-refractivity contribution in [1.29, 1.82) is 0 Å². The van der Waals surface area contributed by atoms with Crippen molar-refractivity contribution in [3.8, 4) is 0 Å². The van der Waals surface area contributed by atoms with Crippen LogP contribution >= 0.6 is 11.6 Å². The molecule has 2 aromatic rings. The molecule has 10 heteroatoms. The smallest absolute Gasteiger partial charge is 0.321 e. The molecule has 1 aromatic heterocycles. The van der Waals surface area contributed by atoms with E-state index in [0.29, 0.717) is 0 Å². The summed E-state index contributed by atoms with van der Waals surface area (Å²) in [5.41, 5.74) is -4.43. The molecule has 0 bridgehead atoms. The van der Waals surface area contributed by atoms with Crippen molar-refractivity contribution in [1.82, 2.24) is 4.98 Å². The molecule has 0 unspecified atom stereocenters. The third-order valence-corrected chi connectivity index (χ3v) is 3.12. The Labute approximate surface area is 136 Å². The maximum absolute atomic E-state index is 12.7. The molecule has 24 heavy (non-hydrogen) atoms. The highest BCUT2D eigenvalue weighted by atomic mass is 35.5. The Balaban J connectivity index is 2.45. The summed E-state index contributed by atoms with van der Waals surface area (Å²) in [7, 11) is 0. The molecule has 1 aromatic carbocycles. The Bertz CT molecular complexity index is 740. The van der Waals surface area contributed by atoms with E-state index in [-0.39, 0.29) is 22.8 Å². The van der Waals surface area contributed by atoms with Crippen LogP contribution < -0.4 is 5.32 Å². The number of amides is 1. The molecule has 128 valence electrons. The van der Waals surface area contributed by atoms with Gasteiger partial charge in [0.2, 0.25) is 0 Å². The van der Waals surface area contributed by atoms with Crippen LogP contribution in [0.4, 0.5) is 32.0 Å². The van der Waals surface area contributed by atoms with Gasteiger partial charge in [0.05, 0.1) is 10.7 Å². The van der Waals surface area contributed by atoms with Gasteiger partial charge in [0.15, 0.2) is 0 Å². The maximum Gasteiger partial charge on any atom is 0.433 e. The van der Waals surface area contributed by atoms with Crippen LogP contribution in [0.1, 0.15) is 21.7 Å². The van der Waals surface area contributed by atoms with Crippen LogP contribution in [-0.2, 0) is 12.4 Å². The van der Waals surface area contributed by atoms with Crippen molar-refractivity contribution in [3.63, 3.8) is 0 Å². The van der Waals surface area contributed by atoms with E-state index < -0.39 is 35.2 Å². The van der Waals surface area contributed by atoms with Gasteiger partial charge in [-0.1, -0.05) is 23.7 Å². The maximum atomic E-state index is 12.7. The molecule has 0 aliphatic heterocycles. The zero-order valence-electron chi connectivity index (χ0n) is 11.5. The molecule has 0 fully saturated rings. The fourth-order valence-corrected chi connectivity index (χ4v) is 1.89. The molecule has 3 nitrogen and oxygen atoms in total. The highest BCUT2D eigenvalue weighted by molar-refractivity contribution is 6.33. The van der Waals surface area contributed by atoms with Crippen LogP contribution in [0.3, 0.4) is 0 Å². The minimum Gasteiger partial charge on any atom is -0.321 e. The summed E-state index contributed by atoms with van der Waals surface area (Å²) in [6.07, 6.45) is -10.3. The molecule has 1 heterocycles. The first-order valence-corrected chi connectivity index (χ1v) is 6.58. The van der Waals surface area contributed by atoms with Crippen LogP contribution in [0.25, 0.3) is 0 Å². The molecular formula is C14H7ClF6N2O. The highest BCUT2D eigenvalue weighted by Gasteiger charge is 2.39. The fraction of sp³-hybridized carbons (Fsp3) is 0.143. The number of hydrogen-bond donors (Lipinski definition) is 1. The van der Waals surface area contributed by atoms with Crippen molar-refractivity contribution in [2.75, 3.05) is 5.32 Å². The number of anilines is 1. The van der Waals surface area contributed by atoms with Gasteiger partial charge in [0.1, 0.15) is 11.4 Å². The van der Waals surface area contributed by atoms with Gasteiger partial charge in [0.25, 0.3) is 5.91 Å². The van der Waals surface area contributed by atoms with E-state index in [2.05, 4.69) is 10.3 Å². The largest absolute Gasteiger partial charge is 0.433 e. The molecule has 0 saturated heterocycles. The first kappa shape index (κ1) is 18.1. The Morgan fingerprint density at radius 1 is 0.958 bits per heavy atom. The van der Waals surface area contributed by atoms with Crippen molar-refractivity contribution < 1.29 is 31.1 Å². The lowest BCUT2D eigenvalue weighted by Gasteiger charge is -2.13. The fourth-order valence-electron chi connectivity index (χ4n) is 1.71. The number of pyridine rings is 1. The van der Waals surface area contributed by atoms with Gasteiger partial charge in [0, 0.05) is 5.56 Å². The number of carbonyl (C=O) groups excluding carboxylic acids is 1. The van der Waals surface area contributed by atoms with Gasteiger partial charge >= 0.3 is 12.4 Å². The second-order valence-electron chi connectivity index (χ2n) is 4.56. The lowest BCUT2D eigenvalue weighted by Crippen LogP contribution is -2.19. The van der Waals surface area contributed by atoms with Crippen LogP contribution in [0.2, 0.25) is 5.02 Å².